The SMILES string of the molecule is CCCNCc1sc(C2CN(C)CCO2)nc1C(F)(F)F. The lowest BCUT2D eigenvalue weighted by molar-refractivity contribution is -0.141. The molecule has 0 radical (unpaired) electrons. The summed E-state index contributed by atoms with van der Waals surface area (Å²) in [7, 11) is 1.93. The number of ether oxygens (including phenoxy) is 1. The monoisotopic (exact) mass is 323 g/mol. The molecule has 1 unspecified atom stereocenters. The third-order valence-electron chi connectivity index (χ3n) is 3.24. The maximum atomic E-state index is 13.1. The van der Waals surface area contributed by atoms with Crippen molar-refractivity contribution in [2.45, 2.75) is 32.2 Å². The van der Waals surface area contributed by atoms with Gasteiger partial charge in [0.2, 0.25) is 0 Å². The second-order valence-corrected chi connectivity index (χ2v) is 6.24. The second-order valence-electron chi connectivity index (χ2n) is 5.12. The highest BCUT2D eigenvalue weighted by atomic mass is 32.1. The van der Waals surface area contributed by atoms with E-state index < -0.39 is 11.9 Å². The van der Waals surface area contributed by atoms with Gasteiger partial charge in [-0.25, -0.2) is 4.98 Å². The molecule has 0 saturated carbocycles. The number of morpholine rings is 1. The summed E-state index contributed by atoms with van der Waals surface area (Å²) in [4.78, 5) is 6.10. The first-order chi connectivity index (χ1) is 9.91. The number of nitrogens with zero attached hydrogens (tertiary/aromatic N) is 2. The van der Waals surface area contributed by atoms with Crippen molar-refractivity contribution in [1.82, 2.24) is 15.2 Å². The Kier molecular flexibility index (Phi) is 5.59. The maximum Gasteiger partial charge on any atom is 0.434 e. The lowest BCUT2D eigenvalue weighted by atomic mass is 10.3. The van der Waals surface area contributed by atoms with Gasteiger partial charge in [-0.05, 0) is 20.0 Å². The van der Waals surface area contributed by atoms with E-state index in [0.717, 1.165) is 24.3 Å². The van der Waals surface area contributed by atoms with Crippen LogP contribution in [0.4, 0.5) is 13.2 Å². The van der Waals surface area contributed by atoms with Crippen molar-refractivity contribution >= 4 is 11.3 Å². The van der Waals surface area contributed by atoms with E-state index >= 15 is 0 Å². The van der Waals surface area contributed by atoms with Crippen molar-refractivity contribution in [3.63, 3.8) is 0 Å². The number of rotatable bonds is 5. The van der Waals surface area contributed by atoms with Crippen LogP contribution in [0.2, 0.25) is 0 Å². The number of halogens is 3. The number of nitrogens with one attached hydrogen (secondary N) is 1. The van der Waals surface area contributed by atoms with Gasteiger partial charge in [0, 0.05) is 19.6 Å². The molecule has 1 aromatic heterocycles. The zero-order valence-electron chi connectivity index (χ0n) is 12.2. The van der Waals surface area contributed by atoms with Crippen LogP contribution < -0.4 is 5.32 Å². The van der Waals surface area contributed by atoms with E-state index in [2.05, 4.69) is 10.3 Å². The predicted octanol–water partition coefficient (Wildman–Crippen LogP) is 2.66. The van der Waals surface area contributed by atoms with E-state index in [1.807, 2.05) is 18.9 Å². The summed E-state index contributed by atoms with van der Waals surface area (Å²) in [6.07, 6.45) is -3.91. The summed E-state index contributed by atoms with van der Waals surface area (Å²) in [5.41, 5.74) is -0.775. The first-order valence-corrected chi connectivity index (χ1v) is 7.81. The molecule has 2 rings (SSSR count). The van der Waals surface area contributed by atoms with Gasteiger partial charge < -0.3 is 15.0 Å². The number of likely N-dealkylation sites (N-methyl/N-ethyl adjacent to an activating group) is 1. The zero-order chi connectivity index (χ0) is 15.5. The smallest absolute Gasteiger partial charge is 0.368 e. The minimum absolute atomic E-state index is 0.197. The average molecular weight is 323 g/mol. The Bertz CT molecular complexity index is 464. The quantitative estimate of drug-likeness (QED) is 0.846. The van der Waals surface area contributed by atoms with Gasteiger partial charge in [-0.15, -0.1) is 11.3 Å². The molecule has 0 spiro atoms. The molecule has 0 aliphatic carbocycles. The minimum Gasteiger partial charge on any atom is -0.368 e. The van der Waals surface area contributed by atoms with Crippen LogP contribution in [0.1, 0.15) is 35.0 Å². The molecule has 8 heteroatoms. The van der Waals surface area contributed by atoms with Crippen LogP contribution in [-0.4, -0.2) is 43.2 Å². The van der Waals surface area contributed by atoms with Gasteiger partial charge >= 0.3 is 6.18 Å². The summed E-state index contributed by atoms with van der Waals surface area (Å²) >= 11 is 1.10. The van der Waals surface area contributed by atoms with Crippen molar-refractivity contribution in [3.05, 3.63) is 15.6 Å². The average Bonchev–Trinajstić information content (AvgIpc) is 2.83. The molecular weight excluding hydrogens is 303 g/mol. The van der Waals surface area contributed by atoms with E-state index in [1.165, 1.54) is 0 Å². The number of alkyl halides is 3. The molecule has 4 nitrogen and oxygen atoms in total. The van der Waals surface area contributed by atoms with Gasteiger partial charge in [-0.2, -0.15) is 13.2 Å². The molecule has 120 valence electrons. The maximum absolute atomic E-state index is 13.1. The van der Waals surface area contributed by atoms with Gasteiger partial charge in [0.15, 0.2) is 5.69 Å². The normalized spacial score (nSPS) is 20.9. The molecular formula is C13H20F3N3OS. The van der Waals surface area contributed by atoms with Gasteiger partial charge in [-0.1, -0.05) is 6.92 Å². The fraction of sp³-hybridized carbons (Fsp3) is 0.769. The van der Waals surface area contributed by atoms with E-state index in [1.54, 1.807) is 0 Å². The molecule has 1 saturated heterocycles. The van der Waals surface area contributed by atoms with Crippen molar-refractivity contribution < 1.29 is 17.9 Å². The fourth-order valence-corrected chi connectivity index (χ4v) is 3.25. The Balaban J connectivity index is 2.18. The van der Waals surface area contributed by atoms with E-state index in [9.17, 15) is 13.2 Å². The predicted molar refractivity (Wildman–Crippen MR) is 75.3 cm³/mol. The summed E-state index contributed by atoms with van der Waals surface area (Å²) in [6, 6.07) is 0. The fourth-order valence-electron chi connectivity index (χ4n) is 2.15. The summed E-state index contributed by atoms with van der Waals surface area (Å²) in [5.74, 6) is 0. The van der Waals surface area contributed by atoms with E-state index in [0.29, 0.717) is 24.7 Å². The Morgan fingerprint density at radius 3 is 2.86 bits per heavy atom. The summed E-state index contributed by atoms with van der Waals surface area (Å²) in [5, 5.41) is 3.43. The van der Waals surface area contributed by atoms with Crippen molar-refractivity contribution in [1.29, 1.82) is 0 Å². The van der Waals surface area contributed by atoms with Crippen LogP contribution in [0.25, 0.3) is 0 Å². The van der Waals surface area contributed by atoms with Crippen LogP contribution in [-0.2, 0) is 17.5 Å². The molecule has 0 bridgehead atoms. The number of hydrogen-bond acceptors (Lipinski definition) is 5. The summed E-state index contributed by atoms with van der Waals surface area (Å²) < 4.78 is 44.8. The first kappa shape index (κ1) is 16.7. The molecule has 0 amide bonds. The molecule has 1 aromatic rings. The standard InChI is InChI=1S/C13H20F3N3OS/c1-3-4-17-7-10-11(13(14,15)16)18-12(21-10)9-8-19(2)5-6-20-9/h9,17H,3-8H2,1-2H3. The highest BCUT2D eigenvalue weighted by molar-refractivity contribution is 7.11. The third-order valence-corrected chi connectivity index (χ3v) is 4.39. The number of thiazole rings is 1. The number of hydrogen-bond donors (Lipinski definition) is 1. The third kappa shape index (κ3) is 4.38. The van der Waals surface area contributed by atoms with Crippen molar-refractivity contribution in [2.24, 2.45) is 0 Å². The van der Waals surface area contributed by atoms with Gasteiger partial charge in [-0.3, -0.25) is 0 Å². The second kappa shape index (κ2) is 7.04. The molecule has 1 atom stereocenters. The van der Waals surface area contributed by atoms with Crippen LogP contribution in [0.15, 0.2) is 0 Å². The van der Waals surface area contributed by atoms with Crippen molar-refractivity contribution in [3.8, 4) is 0 Å². The molecule has 2 heterocycles. The van der Waals surface area contributed by atoms with Gasteiger partial charge in [0.05, 0.1) is 11.5 Å². The number of aromatic nitrogens is 1. The Morgan fingerprint density at radius 1 is 1.48 bits per heavy atom. The van der Waals surface area contributed by atoms with E-state index in [-0.39, 0.29) is 17.5 Å². The molecule has 1 N–H and O–H groups in total. The highest BCUT2D eigenvalue weighted by Crippen LogP contribution is 2.37. The van der Waals surface area contributed by atoms with Gasteiger partial charge in [0.1, 0.15) is 11.1 Å². The van der Waals surface area contributed by atoms with Gasteiger partial charge in [0.25, 0.3) is 0 Å². The molecule has 1 aliphatic heterocycles. The van der Waals surface area contributed by atoms with E-state index in [4.69, 9.17) is 4.74 Å². The molecule has 1 fully saturated rings. The molecule has 21 heavy (non-hydrogen) atoms. The van der Waals surface area contributed by atoms with Crippen LogP contribution in [0, 0.1) is 0 Å². The Hall–Kier alpha value is -0.700. The lowest BCUT2D eigenvalue weighted by Crippen LogP contribution is -2.35. The van der Waals surface area contributed by atoms with Crippen LogP contribution in [0.5, 0.6) is 0 Å². The zero-order valence-corrected chi connectivity index (χ0v) is 13.0. The highest BCUT2D eigenvalue weighted by Gasteiger charge is 2.38. The van der Waals surface area contributed by atoms with Crippen LogP contribution >= 0.6 is 11.3 Å². The van der Waals surface area contributed by atoms with Crippen molar-refractivity contribution in [2.75, 3.05) is 33.3 Å². The molecule has 0 aromatic carbocycles. The summed E-state index contributed by atoms with van der Waals surface area (Å²) in [6.45, 7) is 4.74. The van der Waals surface area contributed by atoms with Crippen LogP contribution in [0.3, 0.4) is 0 Å². The Morgan fingerprint density at radius 2 is 2.24 bits per heavy atom. The topological polar surface area (TPSA) is 37.4 Å². The first-order valence-electron chi connectivity index (χ1n) is 6.99. The Labute approximate surface area is 126 Å². The minimum atomic E-state index is -4.42. The largest absolute Gasteiger partial charge is 0.434 e. The molecule has 1 aliphatic rings. The lowest BCUT2D eigenvalue weighted by Gasteiger charge is -2.28.